The van der Waals surface area contributed by atoms with E-state index in [0.29, 0.717) is 5.56 Å². The van der Waals surface area contributed by atoms with E-state index in [1.165, 1.54) is 18.3 Å². The number of alkyl halides is 3. The standard InChI is InChI=1S/C17H15F3N2O2/c18-17(19,20)13-4-1-5-14(9-13)24-16-12(3-2-8-21-16)10-22-15(23)11-6-7-11/h1-5,8-9,11H,6-7,10H2,(H,22,23). The van der Waals surface area contributed by atoms with Crippen molar-refractivity contribution in [2.75, 3.05) is 0 Å². The Bertz CT molecular complexity index is 743. The SMILES string of the molecule is O=C(NCc1cccnc1Oc1cccc(C(F)(F)F)c1)C1CC1. The second-order valence-electron chi connectivity index (χ2n) is 5.59. The van der Waals surface area contributed by atoms with Crippen LogP contribution in [-0.4, -0.2) is 10.9 Å². The molecule has 2 aromatic rings. The molecular formula is C17H15F3N2O2. The molecule has 1 N–H and O–H groups in total. The van der Waals surface area contributed by atoms with Crippen molar-refractivity contribution < 1.29 is 22.7 Å². The summed E-state index contributed by atoms with van der Waals surface area (Å²) in [7, 11) is 0. The molecule has 0 saturated heterocycles. The third kappa shape index (κ3) is 4.04. The molecule has 1 amide bonds. The topological polar surface area (TPSA) is 51.2 Å². The zero-order chi connectivity index (χ0) is 17.2. The van der Waals surface area contributed by atoms with Crippen molar-refractivity contribution in [1.82, 2.24) is 10.3 Å². The number of hydrogen-bond donors (Lipinski definition) is 1. The van der Waals surface area contributed by atoms with Crippen molar-refractivity contribution in [2.24, 2.45) is 5.92 Å². The molecule has 7 heteroatoms. The minimum Gasteiger partial charge on any atom is -0.439 e. The van der Waals surface area contributed by atoms with E-state index in [0.717, 1.165) is 25.0 Å². The first-order chi connectivity index (χ1) is 11.4. The number of carbonyl (C=O) groups is 1. The summed E-state index contributed by atoms with van der Waals surface area (Å²) in [6.07, 6.45) is -1.17. The van der Waals surface area contributed by atoms with Gasteiger partial charge in [-0.15, -0.1) is 0 Å². The van der Waals surface area contributed by atoms with Gasteiger partial charge in [0.05, 0.1) is 5.56 Å². The summed E-state index contributed by atoms with van der Waals surface area (Å²) in [4.78, 5) is 15.8. The molecule has 0 aliphatic heterocycles. The maximum atomic E-state index is 12.8. The molecule has 0 bridgehead atoms. The van der Waals surface area contributed by atoms with Crippen molar-refractivity contribution in [3.8, 4) is 11.6 Å². The first-order valence-electron chi connectivity index (χ1n) is 7.50. The van der Waals surface area contributed by atoms with Crippen LogP contribution in [0.4, 0.5) is 13.2 Å². The summed E-state index contributed by atoms with van der Waals surface area (Å²) < 4.78 is 43.8. The van der Waals surface area contributed by atoms with E-state index in [2.05, 4.69) is 10.3 Å². The third-order valence-corrected chi connectivity index (χ3v) is 3.63. The maximum Gasteiger partial charge on any atom is 0.416 e. The fourth-order valence-electron chi connectivity index (χ4n) is 2.17. The molecule has 1 aliphatic carbocycles. The van der Waals surface area contributed by atoms with E-state index < -0.39 is 11.7 Å². The summed E-state index contributed by atoms with van der Waals surface area (Å²) in [5, 5.41) is 2.78. The highest BCUT2D eigenvalue weighted by molar-refractivity contribution is 5.80. The Kier molecular flexibility index (Phi) is 4.42. The van der Waals surface area contributed by atoms with E-state index in [1.54, 1.807) is 12.1 Å². The van der Waals surface area contributed by atoms with Gasteiger partial charge in [0.15, 0.2) is 0 Å². The maximum absolute atomic E-state index is 12.8. The number of carbonyl (C=O) groups excluding carboxylic acids is 1. The van der Waals surface area contributed by atoms with Crippen molar-refractivity contribution in [2.45, 2.75) is 25.6 Å². The first kappa shape index (κ1) is 16.3. The average Bonchev–Trinajstić information content (AvgIpc) is 3.38. The Morgan fingerprint density at radius 3 is 2.75 bits per heavy atom. The molecule has 0 atom stereocenters. The molecule has 1 aromatic carbocycles. The molecule has 1 aliphatic rings. The van der Waals surface area contributed by atoms with Crippen molar-refractivity contribution >= 4 is 5.91 Å². The van der Waals surface area contributed by atoms with Crippen LogP contribution in [-0.2, 0) is 17.5 Å². The Morgan fingerprint density at radius 1 is 1.25 bits per heavy atom. The number of nitrogens with one attached hydrogen (secondary N) is 1. The van der Waals surface area contributed by atoms with Crippen LogP contribution in [0.5, 0.6) is 11.6 Å². The van der Waals surface area contributed by atoms with E-state index >= 15 is 0 Å². The van der Waals surface area contributed by atoms with Gasteiger partial charge in [0.2, 0.25) is 11.8 Å². The highest BCUT2D eigenvalue weighted by Crippen LogP contribution is 2.33. The number of ether oxygens (including phenoxy) is 1. The Labute approximate surface area is 136 Å². The molecule has 1 saturated carbocycles. The van der Waals surface area contributed by atoms with E-state index in [9.17, 15) is 18.0 Å². The van der Waals surface area contributed by atoms with Crippen molar-refractivity contribution in [1.29, 1.82) is 0 Å². The zero-order valence-corrected chi connectivity index (χ0v) is 12.6. The van der Waals surface area contributed by atoms with Gasteiger partial charge < -0.3 is 10.1 Å². The Hall–Kier alpha value is -2.57. The van der Waals surface area contributed by atoms with Crippen LogP contribution in [0.3, 0.4) is 0 Å². The number of aromatic nitrogens is 1. The third-order valence-electron chi connectivity index (χ3n) is 3.63. The molecule has 1 fully saturated rings. The summed E-state index contributed by atoms with van der Waals surface area (Å²) in [6, 6.07) is 7.98. The second kappa shape index (κ2) is 6.51. The van der Waals surface area contributed by atoms with Gasteiger partial charge in [-0.05, 0) is 37.1 Å². The Balaban J connectivity index is 1.74. The highest BCUT2D eigenvalue weighted by Gasteiger charge is 2.31. The summed E-state index contributed by atoms with van der Waals surface area (Å²) in [6.45, 7) is 0.220. The molecular weight excluding hydrogens is 321 g/mol. The Morgan fingerprint density at radius 2 is 2.04 bits per heavy atom. The van der Waals surface area contributed by atoms with Crippen LogP contribution in [0.2, 0.25) is 0 Å². The summed E-state index contributed by atoms with van der Waals surface area (Å²) in [5.41, 5.74) is -0.191. The van der Waals surface area contributed by atoms with Gasteiger partial charge in [-0.25, -0.2) is 4.98 Å². The van der Waals surface area contributed by atoms with Crippen LogP contribution in [0, 0.1) is 5.92 Å². The average molecular weight is 336 g/mol. The number of amides is 1. The van der Waals surface area contributed by atoms with Gasteiger partial charge in [-0.1, -0.05) is 12.1 Å². The van der Waals surface area contributed by atoms with Crippen LogP contribution >= 0.6 is 0 Å². The number of nitrogens with zero attached hydrogens (tertiary/aromatic N) is 1. The van der Waals surface area contributed by atoms with E-state index in [-0.39, 0.29) is 30.0 Å². The van der Waals surface area contributed by atoms with Gasteiger partial charge in [-0.3, -0.25) is 4.79 Å². The fraction of sp³-hybridized carbons (Fsp3) is 0.294. The lowest BCUT2D eigenvalue weighted by molar-refractivity contribution is -0.137. The normalized spacial score (nSPS) is 14.3. The largest absolute Gasteiger partial charge is 0.439 e. The van der Waals surface area contributed by atoms with Gasteiger partial charge in [0.25, 0.3) is 0 Å². The molecule has 126 valence electrons. The predicted molar refractivity (Wildman–Crippen MR) is 80.3 cm³/mol. The first-order valence-corrected chi connectivity index (χ1v) is 7.50. The predicted octanol–water partition coefficient (Wildman–Crippen LogP) is 3.92. The lowest BCUT2D eigenvalue weighted by atomic mass is 10.2. The molecule has 4 nitrogen and oxygen atoms in total. The van der Waals surface area contributed by atoms with Crippen LogP contribution in [0.1, 0.15) is 24.0 Å². The summed E-state index contributed by atoms with van der Waals surface area (Å²) >= 11 is 0. The summed E-state index contributed by atoms with van der Waals surface area (Å²) in [5.74, 6) is 0.268. The quantitative estimate of drug-likeness (QED) is 0.900. The van der Waals surface area contributed by atoms with Crippen LogP contribution < -0.4 is 10.1 Å². The number of hydrogen-bond acceptors (Lipinski definition) is 3. The van der Waals surface area contributed by atoms with Crippen molar-refractivity contribution in [3.63, 3.8) is 0 Å². The molecule has 0 unspecified atom stereocenters. The fourth-order valence-corrected chi connectivity index (χ4v) is 2.17. The van der Waals surface area contributed by atoms with Gasteiger partial charge >= 0.3 is 6.18 Å². The number of pyridine rings is 1. The minimum absolute atomic E-state index is 0.0242. The molecule has 3 rings (SSSR count). The highest BCUT2D eigenvalue weighted by atomic mass is 19.4. The van der Waals surface area contributed by atoms with Gasteiger partial charge in [0.1, 0.15) is 5.75 Å². The minimum atomic E-state index is -4.44. The number of halogens is 3. The lowest BCUT2D eigenvalue weighted by Gasteiger charge is -2.12. The second-order valence-corrected chi connectivity index (χ2v) is 5.59. The molecule has 1 aromatic heterocycles. The van der Waals surface area contributed by atoms with E-state index in [1.807, 2.05) is 0 Å². The molecule has 0 radical (unpaired) electrons. The van der Waals surface area contributed by atoms with Gasteiger partial charge in [-0.2, -0.15) is 13.2 Å². The van der Waals surface area contributed by atoms with E-state index in [4.69, 9.17) is 4.74 Å². The van der Waals surface area contributed by atoms with Crippen LogP contribution in [0.15, 0.2) is 42.6 Å². The number of rotatable bonds is 5. The molecule has 24 heavy (non-hydrogen) atoms. The van der Waals surface area contributed by atoms with Crippen LogP contribution in [0.25, 0.3) is 0 Å². The smallest absolute Gasteiger partial charge is 0.416 e. The number of benzene rings is 1. The zero-order valence-electron chi connectivity index (χ0n) is 12.6. The monoisotopic (exact) mass is 336 g/mol. The molecule has 0 spiro atoms. The van der Waals surface area contributed by atoms with Crippen molar-refractivity contribution in [3.05, 3.63) is 53.7 Å². The van der Waals surface area contributed by atoms with Gasteiger partial charge in [0, 0.05) is 24.2 Å². The molecule has 1 heterocycles. The lowest BCUT2D eigenvalue weighted by Crippen LogP contribution is -2.24.